The average Bonchev–Trinajstić information content (AvgIpc) is 2.72. The fraction of sp³-hybridized carbons (Fsp3) is 0.609. The number of carbonyl (C=O) groups excluding carboxylic acids is 5. The van der Waals surface area contributed by atoms with Gasteiger partial charge in [0.05, 0.1) is 5.57 Å². The van der Waals surface area contributed by atoms with Crippen LogP contribution in [0, 0.1) is 5.92 Å². The number of hydrogen-bond donors (Lipinski definition) is 0. The van der Waals surface area contributed by atoms with Crippen LogP contribution in [0.5, 0.6) is 0 Å². The van der Waals surface area contributed by atoms with E-state index in [9.17, 15) is 24.0 Å². The highest BCUT2D eigenvalue weighted by Gasteiger charge is 2.51. The Labute approximate surface area is 192 Å². The molecule has 0 spiro atoms. The summed E-state index contributed by atoms with van der Waals surface area (Å²) >= 11 is 0. The third kappa shape index (κ3) is 6.07. The number of rotatable bonds is 2. The lowest BCUT2D eigenvalue weighted by Crippen LogP contribution is -2.53. The number of likely N-dealkylation sites (N-methyl/N-ethyl adjacent to an activating group) is 1. The van der Waals surface area contributed by atoms with Gasteiger partial charge in [0.15, 0.2) is 6.10 Å². The molecular formula is C23H31NO9. The van der Waals surface area contributed by atoms with Gasteiger partial charge < -0.3 is 23.8 Å². The molecule has 4 atom stereocenters. The van der Waals surface area contributed by atoms with E-state index in [1.165, 1.54) is 26.8 Å². The number of nitrogens with zero attached hydrogens (tertiary/aromatic N) is 1. The van der Waals surface area contributed by atoms with Crippen molar-refractivity contribution in [3.63, 3.8) is 0 Å². The van der Waals surface area contributed by atoms with Crippen molar-refractivity contribution in [1.29, 1.82) is 0 Å². The van der Waals surface area contributed by atoms with E-state index in [1.54, 1.807) is 6.08 Å². The van der Waals surface area contributed by atoms with E-state index in [2.05, 4.69) is 0 Å². The Bertz CT molecular complexity index is 890. The molecule has 2 bridgehead atoms. The van der Waals surface area contributed by atoms with Crippen LogP contribution >= 0.6 is 0 Å². The smallest absolute Gasteiger partial charge is 0.351 e. The summed E-state index contributed by atoms with van der Waals surface area (Å²) in [6, 6.07) is 0. The van der Waals surface area contributed by atoms with Crippen molar-refractivity contribution in [2.45, 2.75) is 58.8 Å². The number of ether oxygens (including phenoxy) is 4. The molecule has 0 radical (unpaired) electrons. The summed E-state index contributed by atoms with van der Waals surface area (Å²) in [7, 11) is 1.84. The first-order valence-corrected chi connectivity index (χ1v) is 10.7. The molecule has 2 rings (SSSR count). The molecule has 0 unspecified atom stereocenters. The largest absolute Gasteiger partial charge is 0.458 e. The van der Waals surface area contributed by atoms with Crippen LogP contribution in [0.25, 0.3) is 0 Å². The van der Waals surface area contributed by atoms with E-state index in [4.69, 9.17) is 18.9 Å². The molecule has 2 aliphatic heterocycles. The molecule has 0 saturated carbocycles. The standard InChI is InChI=1S/C23H31NO9/c1-7-17-20(31-14(3)25)13(2)23(5,33-15(4)26)22(29)30-12-16-8-10-24(6)11-9-18(19(16)27)32-21(17)28/h7-8,13,18,20H,9-12H2,1-6H3/b16-8-,17-7-/t13-,18+,20-,23-/m0/s1. The van der Waals surface area contributed by atoms with Gasteiger partial charge in [-0.15, -0.1) is 0 Å². The van der Waals surface area contributed by atoms with Gasteiger partial charge in [0, 0.05) is 44.8 Å². The summed E-state index contributed by atoms with van der Waals surface area (Å²) in [5.41, 5.74) is -1.84. The minimum Gasteiger partial charge on any atom is -0.458 e. The third-order valence-corrected chi connectivity index (χ3v) is 5.87. The van der Waals surface area contributed by atoms with Crippen molar-refractivity contribution in [1.82, 2.24) is 4.90 Å². The van der Waals surface area contributed by atoms with Gasteiger partial charge in [0.2, 0.25) is 11.4 Å². The van der Waals surface area contributed by atoms with Crippen LogP contribution in [0.4, 0.5) is 0 Å². The van der Waals surface area contributed by atoms with E-state index < -0.39 is 60.0 Å². The Morgan fingerprint density at radius 2 is 1.88 bits per heavy atom. The maximum Gasteiger partial charge on any atom is 0.351 e. The van der Waals surface area contributed by atoms with Gasteiger partial charge in [-0.05, 0) is 20.9 Å². The topological polar surface area (TPSA) is 126 Å². The van der Waals surface area contributed by atoms with E-state index in [-0.39, 0.29) is 17.6 Å². The molecule has 0 aromatic heterocycles. The van der Waals surface area contributed by atoms with Crippen LogP contribution < -0.4 is 0 Å². The molecule has 0 N–H and O–H groups in total. The van der Waals surface area contributed by atoms with Crippen molar-refractivity contribution >= 4 is 29.7 Å². The molecule has 33 heavy (non-hydrogen) atoms. The number of allylic oxidation sites excluding steroid dienone is 1. The highest BCUT2D eigenvalue weighted by Crippen LogP contribution is 2.33. The lowest BCUT2D eigenvalue weighted by molar-refractivity contribution is -0.192. The summed E-state index contributed by atoms with van der Waals surface area (Å²) in [6.07, 6.45) is 0.827. The number of esters is 4. The fourth-order valence-corrected chi connectivity index (χ4v) is 3.78. The van der Waals surface area contributed by atoms with Gasteiger partial charge in [-0.1, -0.05) is 19.1 Å². The second-order valence-corrected chi connectivity index (χ2v) is 8.38. The Morgan fingerprint density at radius 1 is 1.21 bits per heavy atom. The zero-order valence-corrected chi connectivity index (χ0v) is 19.8. The molecule has 10 nitrogen and oxygen atoms in total. The number of hydrogen-bond acceptors (Lipinski definition) is 10. The van der Waals surface area contributed by atoms with Gasteiger partial charge in [-0.2, -0.15) is 0 Å². The van der Waals surface area contributed by atoms with Gasteiger partial charge in [-0.25, -0.2) is 9.59 Å². The number of Topliss-reactive ketones (excluding diaryl/α,β-unsaturated/α-hetero) is 1. The Hall–Kier alpha value is -3.01. The molecule has 0 aromatic carbocycles. The molecule has 0 aromatic rings. The molecular weight excluding hydrogens is 434 g/mol. The summed E-state index contributed by atoms with van der Waals surface area (Å²) in [5, 5.41) is 0. The second kappa shape index (κ2) is 10.7. The first-order valence-electron chi connectivity index (χ1n) is 10.7. The maximum absolute atomic E-state index is 13.2. The normalized spacial score (nSPS) is 32.7. The third-order valence-electron chi connectivity index (χ3n) is 5.87. The summed E-state index contributed by atoms with van der Waals surface area (Å²) in [5.74, 6) is -4.81. The SMILES string of the molecule is C/C=C1\C(=O)O[C@@H]2CCN(C)C/C=C(/COC(=O)[C@@](C)(OC(C)=O)[C@@H](C)[C@@H]1OC(C)=O)C2=O. The quantitative estimate of drug-likeness (QED) is 0.333. The van der Waals surface area contributed by atoms with Crippen molar-refractivity contribution in [2.24, 2.45) is 5.92 Å². The molecule has 10 heteroatoms. The Morgan fingerprint density at radius 3 is 2.45 bits per heavy atom. The van der Waals surface area contributed by atoms with E-state index in [0.717, 1.165) is 13.8 Å². The molecule has 0 aliphatic carbocycles. The van der Waals surface area contributed by atoms with Crippen LogP contribution in [0.3, 0.4) is 0 Å². The fourth-order valence-electron chi connectivity index (χ4n) is 3.78. The van der Waals surface area contributed by atoms with Crippen molar-refractivity contribution < 1.29 is 42.9 Å². The number of cyclic esters (lactones) is 1. The number of ketones is 1. The predicted octanol–water partition coefficient (Wildman–Crippen LogP) is 1.12. The molecule has 2 heterocycles. The first-order chi connectivity index (χ1) is 15.4. The molecule has 1 fully saturated rings. The van der Waals surface area contributed by atoms with Crippen LogP contribution in [-0.2, 0) is 42.9 Å². The molecule has 2 aliphatic rings. The highest BCUT2D eigenvalue weighted by atomic mass is 16.6. The molecule has 1 saturated heterocycles. The summed E-state index contributed by atoms with van der Waals surface area (Å²) < 4.78 is 21.7. The van der Waals surface area contributed by atoms with E-state index in [1.807, 2.05) is 11.9 Å². The summed E-state index contributed by atoms with van der Waals surface area (Å²) in [6.45, 7) is 7.15. The van der Waals surface area contributed by atoms with Gasteiger partial charge >= 0.3 is 23.9 Å². The van der Waals surface area contributed by atoms with Crippen molar-refractivity contribution in [3.05, 3.63) is 23.3 Å². The lowest BCUT2D eigenvalue weighted by atomic mass is 9.82. The zero-order valence-electron chi connectivity index (χ0n) is 19.8. The monoisotopic (exact) mass is 465 g/mol. The number of fused-ring (bicyclic) bond motifs is 2. The van der Waals surface area contributed by atoms with E-state index >= 15 is 0 Å². The summed E-state index contributed by atoms with van der Waals surface area (Å²) in [4.78, 5) is 65.0. The highest BCUT2D eigenvalue weighted by molar-refractivity contribution is 6.02. The van der Waals surface area contributed by atoms with Crippen molar-refractivity contribution in [2.75, 3.05) is 26.7 Å². The van der Waals surface area contributed by atoms with E-state index in [0.29, 0.717) is 13.1 Å². The zero-order chi connectivity index (χ0) is 24.9. The van der Waals surface area contributed by atoms with Gasteiger partial charge in [0.1, 0.15) is 12.7 Å². The minimum atomic E-state index is -1.93. The Kier molecular flexibility index (Phi) is 8.54. The van der Waals surface area contributed by atoms with Gasteiger partial charge in [-0.3, -0.25) is 14.4 Å². The number of carbonyl (C=O) groups is 5. The van der Waals surface area contributed by atoms with Crippen molar-refractivity contribution in [3.8, 4) is 0 Å². The maximum atomic E-state index is 13.2. The average molecular weight is 465 g/mol. The molecule has 182 valence electrons. The Balaban J connectivity index is 2.64. The molecule has 0 amide bonds. The van der Waals surface area contributed by atoms with Crippen LogP contribution in [0.2, 0.25) is 0 Å². The van der Waals surface area contributed by atoms with Crippen LogP contribution in [0.15, 0.2) is 23.3 Å². The van der Waals surface area contributed by atoms with Crippen LogP contribution in [-0.4, -0.2) is 79.1 Å². The second-order valence-electron chi connectivity index (χ2n) is 8.38. The first kappa shape index (κ1) is 26.2. The minimum absolute atomic E-state index is 0.0850. The van der Waals surface area contributed by atoms with Gasteiger partial charge in [0.25, 0.3) is 0 Å². The lowest BCUT2D eigenvalue weighted by Gasteiger charge is -2.37. The van der Waals surface area contributed by atoms with Crippen LogP contribution in [0.1, 0.15) is 41.0 Å². The predicted molar refractivity (Wildman–Crippen MR) is 115 cm³/mol.